The molecule has 0 unspecified atom stereocenters. The van der Waals surface area contributed by atoms with Gasteiger partial charge in [0, 0.05) is 23.4 Å². The molecule has 0 radical (unpaired) electrons. The van der Waals surface area contributed by atoms with Gasteiger partial charge < -0.3 is 16.4 Å². The molecule has 5 rings (SSSR count). The number of nitrogens with zero attached hydrogens (tertiary/aromatic N) is 3. The molecule has 0 atom stereocenters. The summed E-state index contributed by atoms with van der Waals surface area (Å²) in [6.07, 6.45) is 6.89. The van der Waals surface area contributed by atoms with Crippen LogP contribution in [0.1, 0.15) is 28.9 Å². The van der Waals surface area contributed by atoms with Crippen LogP contribution in [0.3, 0.4) is 0 Å². The van der Waals surface area contributed by atoms with Gasteiger partial charge in [0.2, 0.25) is 0 Å². The van der Waals surface area contributed by atoms with Crippen LogP contribution in [0.25, 0.3) is 16.6 Å². The van der Waals surface area contributed by atoms with Crippen molar-refractivity contribution in [1.82, 2.24) is 31.8 Å². The third kappa shape index (κ3) is 4.63. The Bertz CT molecular complexity index is 1250. The number of H-pyrrole nitrogens is 1. The van der Waals surface area contributed by atoms with Gasteiger partial charge in [0.05, 0.1) is 34.8 Å². The number of para-hydroxylation sites is 1. The number of rotatable bonds is 6. The van der Waals surface area contributed by atoms with E-state index in [1.165, 1.54) is 6.20 Å². The van der Waals surface area contributed by atoms with Crippen molar-refractivity contribution < 1.29 is 4.79 Å². The third-order valence-electron chi connectivity index (χ3n) is 5.87. The summed E-state index contributed by atoms with van der Waals surface area (Å²) < 4.78 is 0. The number of aromatic amines is 1. The Kier molecular flexibility index (Phi) is 6.23. The first kappa shape index (κ1) is 21.7. The van der Waals surface area contributed by atoms with Gasteiger partial charge in [0.15, 0.2) is 0 Å². The fourth-order valence-corrected chi connectivity index (χ4v) is 3.98. The van der Waals surface area contributed by atoms with E-state index in [0.717, 1.165) is 53.9 Å². The summed E-state index contributed by atoms with van der Waals surface area (Å²) in [5.74, 6) is -0.244. The summed E-state index contributed by atoms with van der Waals surface area (Å²) in [5.41, 5.74) is 16.4. The number of nitrogens with two attached hydrogens (primary N) is 1. The normalized spacial score (nSPS) is 17.2. The highest BCUT2D eigenvalue weighted by Crippen LogP contribution is 2.25. The number of allylic oxidation sites excluding steroid dienone is 1. The highest BCUT2D eigenvalue weighted by atomic mass is 16.1. The molecule has 1 amide bonds. The minimum Gasteiger partial charge on any atom is -0.403 e. The van der Waals surface area contributed by atoms with Gasteiger partial charge in [-0.1, -0.05) is 18.2 Å². The van der Waals surface area contributed by atoms with Gasteiger partial charge in [0.25, 0.3) is 5.91 Å². The lowest BCUT2D eigenvalue weighted by molar-refractivity contribution is 0.0968. The number of fused-ring (bicyclic) bond motifs is 1. The minimum absolute atomic E-state index is 0.244. The van der Waals surface area contributed by atoms with E-state index in [-0.39, 0.29) is 11.9 Å². The van der Waals surface area contributed by atoms with Gasteiger partial charge in [-0.05, 0) is 56.3 Å². The SMILES string of the molecule is NC=C(C=NC1CCNCC1)NC(=O)c1ccc(N2C=C(c3n[nH]c4ccccc34)NN2)cc1. The Balaban J connectivity index is 1.23. The third-order valence-corrected chi connectivity index (χ3v) is 5.87. The molecule has 10 heteroatoms. The molecule has 2 aromatic carbocycles. The molecule has 2 aliphatic rings. The second-order valence-corrected chi connectivity index (χ2v) is 8.15. The monoisotopic (exact) mass is 457 g/mol. The Morgan fingerprint density at radius 1 is 1.15 bits per heavy atom. The summed E-state index contributed by atoms with van der Waals surface area (Å²) in [7, 11) is 0. The largest absolute Gasteiger partial charge is 0.403 e. The van der Waals surface area contributed by atoms with Crippen molar-refractivity contribution >= 4 is 34.4 Å². The van der Waals surface area contributed by atoms with Crippen LogP contribution >= 0.6 is 0 Å². The number of hydrazine groups is 2. The molecule has 0 aliphatic carbocycles. The molecule has 3 heterocycles. The first-order valence-corrected chi connectivity index (χ1v) is 11.2. The molecule has 10 nitrogen and oxygen atoms in total. The van der Waals surface area contributed by atoms with E-state index in [1.54, 1.807) is 18.3 Å². The quantitative estimate of drug-likeness (QED) is 0.310. The molecule has 0 bridgehead atoms. The maximum Gasteiger partial charge on any atom is 0.255 e. The average molecular weight is 458 g/mol. The molecule has 0 saturated carbocycles. The maximum atomic E-state index is 12.7. The summed E-state index contributed by atoms with van der Waals surface area (Å²) >= 11 is 0. The zero-order valence-corrected chi connectivity index (χ0v) is 18.6. The average Bonchev–Trinajstić information content (AvgIpc) is 3.54. The van der Waals surface area contributed by atoms with Crippen LogP contribution in [0.5, 0.6) is 0 Å². The predicted molar refractivity (Wildman–Crippen MR) is 133 cm³/mol. The highest BCUT2D eigenvalue weighted by Gasteiger charge is 2.19. The lowest BCUT2D eigenvalue weighted by Crippen LogP contribution is -2.36. The fraction of sp³-hybridized carbons (Fsp3) is 0.208. The van der Waals surface area contributed by atoms with Crippen molar-refractivity contribution in [1.29, 1.82) is 0 Å². The van der Waals surface area contributed by atoms with Gasteiger partial charge in [-0.15, -0.1) is 5.53 Å². The first-order valence-electron chi connectivity index (χ1n) is 11.2. The number of carbonyl (C=O) groups is 1. The number of carbonyl (C=O) groups excluding carboxylic acids is 1. The lowest BCUT2D eigenvalue weighted by Gasteiger charge is -2.18. The molecule has 1 saturated heterocycles. The Labute approximate surface area is 196 Å². The number of hydrogen-bond acceptors (Lipinski definition) is 8. The first-order chi connectivity index (χ1) is 16.7. The summed E-state index contributed by atoms with van der Waals surface area (Å²) in [4.78, 5) is 17.2. The number of hydrogen-bond donors (Lipinski definition) is 6. The van der Waals surface area contributed by atoms with Crippen LogP contribution in [0.4, 0.5) is 5.69 Å². The van der Waals surface area contributed by atoms with Gasteiger partial charge in [-0.2, -0.15) is 5.10 Å². The number of amides is 1. The van der Waals surface area contributed by atoms with Crippen LogP contribution in [0.2, 0.25) is 0 Å². The summed E-state index contributed by atoms with van der Waals surface area (Å²) in [6.45, 7) is 1.91. The van der Waals surface area contributed by atoms with Crippen LogP contribution in [-0.2, 0) is 0 Å². The number of aliphatic imine (C=N–C) groups is 1. The van der Waals surface area contributed by atoms with E-state index in [9.17, 15) is 4.79 Å². The standard InChI is InChI=1S/C24H27N9O/c25-13-18(14-27-17-9-11-26-12-10-17)28-24(34)16-5-7-19(8-6-16)33-15-22(30-32-33)23-20-3-1-2-4-21(20)29-31-23/h1-8,13-15,17,26,30,32H,9-12,25H2,(H,28,34)(H,29,31). The minimum atomic E-state index is -0.244. The Morgan fingerprint density at radius 3 is 2.74 bits per heavy atom. The zero-order chi connectivity index (χ0) is 23.3. The van der Waals surface area contributed by atoms with E-state index in [2.05, 4.69) is 36.8 Å². The number of anilines is 1. The smallest absolute Gasteiger partial charge is 0.255 e. The van der Waals surface area contributed by atoms with E-state index in [1.807, 2.05) is 47.6 Å². The van der Waals surface area contributed by atoms with Crippen molar-refractivity contribution in [2.24, 2.45) is 10.7 Å². The topological polar surface area (TPSA) is 135 Å². The van der Waals surface area contributed by atoms with E-state index in [4.69, 9.17) is 5.73 Å². The molecule has 174 valence electrons. The molecular weight excluding hydrogens is 430 g/mol. The van der Waals surface area contributed by atoms with E-state index < -0.39 is 0 Å². The molecule has 0 spiro atoms. The summed E-state index contributed by atoms with van der Waals surface area (Å²) in [6, 6.07) is 15.5. The molecule has 34 heavy (non-hydrogen) atoms. The number of benzene rings is 2. The molecule has 2 aliphatic heterocycles. The van der Waals surface area contributed by atoms with Gasteiger partial charge in [-0.3, -0.25) is 25.3 Å². The van der Waals surface area contributed by atoms with Crippen molar-refractivity contribution in [3.8, 4) is 0 Å². The van der Waals surface area contributed by atoms with Gasteiger partial charge in [0.1, 0.15) is 5.69 Å². The number of piperidine rings is 1. The maximum absolute atomic E-state index is 12.7. The van der Waals surface area contributed by atoms with E-state index in [0.29, 0.717) is 11.3 Å². The summed E-state index contributed by atoms with van der Waals surface area (Å²) in [5, 5.41) is 16.5. The Morgan fingerprint density at radius 2 is 1.94 bits per heavy atom. The lowest BCUT2D eigenvalue weighted by atomic mass is 10.1. The molecule has 3 aromatic rings. The molecular formula is C24H27N9O. The Hall–Kier alpha value is -4.15. The van der Waals surface area contributed by atoms with Crippen molar-refractivity contribution in [3.05, 3.63) is 77.9 Å². The van der Waals surface area contributed by atoms with Crippen LogP contribution < -0.4 is 32.3 Å². The van der Waals surface area contributed by atoms with Crippen molar-refractivity contribution in [2.45, 2.75) is 18.9 Å². The van der Waals surface area contributed by atoms with Crippen LogP contribution in [0, 0.1) is 0 Å². The molecule has 7 N–H and O–H groups in total. The zero-order valence-electron chi connectivity index (χ0n) is 18.6. The highest BCUT2D eigenvalue weighted by molar-refractivity contribution is 5.99. The van der Waals surface area contributed by atoms with Crippen molar-refractivity contribution in [3.63, 3.8) is 0 Å². The number of aromatic nitrogens is 2. The van der Waals surface area contributed by atoms with Gasteiger partial charge in [-0.25, -0.2) is 0 Å². The van der Waals surface area contributed by atoms with Gasteiger partial charge >= 0.3 is 0 Å². The molecule has 1 aromatic heterocycles. The number of nitrogens with one attached hydrogen (secondary N) is 5. The van der Waals surface area contributed by atoms with E-state index >= 15 is 0 Å². The fourth-order valence-electron chi connectivity index (χ4n) is 3.98. The second-order valence-electron chi connectivity index (χ2n) is 8.15. The predicted octanol–water partition coefficient (Wildman–Crippen LogP) is 1.74. The van der Waals surface area contributed by atoms with Crippen molar-refractivity contribution in [2.75, 3.05) is 18.1 Å². The van der Waals surface area contributed by atoms with Crippen LogP contribution in [0.15, 0.2) is 71.6 Å². The second kappa shape index (κ2) is 9.77. The van der Waals surface area contributed by atoms with Crippen LogP contribution in [-0.4, -0.2) is 41.5 Å². The molecule has 1 fully saturated rings.